The van der Waals surface area contributed by atoms with Gasteiger partial charge in [-0.1, -0.05) is 0 Å². The number of rotatable bonds is 0. The Hall–Kier alpha value is -0.370. The van der Waals surface area contributed by atoms with Crippen molar-refractivity contribution in [1.29, 1.82) is 0 Å². The van der Waals surface area contributed by atoms with Crippen molar-refractivity contribution in [3.63, 3.8) is 0 Å². The molecule has 0 saturated heterocycles. The predicted octanol–water partition coefficient (Wildman–Crippen LogP) is 1.09. The molecular weight excluding hydrogens is 138 g/mol. The number of Topliss-reactive ketones (excluding diaryl/α,β-unsaturated/α-hetero) is 1. The fourth-order valence-corrected chi connectivity index (χ4v) is 2.44. The highest BCUT2D eigenvalue weighted by molar-refractivity contribution is 5.81. The summed E-state index contributed by atoms with van der Waals surface area (Å²) in [7, 11) is 0. The first-order valence-corrected chi connectivity index (χ1v) is 4.55. The van der Waals surface area contributed by atoms with E-state index in [2.05, 4.69) is 0 Å². The Kier molecular flexibility index (Phi) is 1.72. The molecule has 2 rings (SSSR count). The molecule has 2 saturated carbocycles. The molecular formula is C9H15NO. The van der Waals surface area contributed by atoms with E-state index in [0.29, 0.717) is 23.7 Å². The molecule has 0 aromatic rings. The van der Waals surface area contributed by atoms with Crippen LogP contribution in [0, 0.1) is 11.8 Å². The fourth-order valence-electron chi connectivity index (χ4n) is 2.44. The molecule has 0 radical (unpaired) electrons. The van der Waals surface area contributed by atoms with Gasteiger partial charge in [-0.25, -0.2) is 0 Å². The predicted molar refractivity (Wildman–Crippen MR) is 43.0 cm³/mol. The molecule has 2 aliphatic rings. The average Bonchev–Trinajstić information content (AvgIpc) is 2.02. The SMILES string of the molecule is NC1CCC2CC1CCC2=O. The summed E-state index contributed by atoms with van der Waals surface area (Å²) >= 11 is 0. The molecule has 0 amide bonds. The summed E-state index contributed by atoms with van der Waals surface area (Å²) in [6, 6.07) is 0.388. The minimum absolute atomic E-state index is 0.383. The highest BCUT2D eigenvalue weighted by Gasteiger charge is 2.35. The van der Waals surface area contributed by atoms with Gasteiger partial charge in [0.2, 0.25) is 0 Å². The lowest BCUT2D eigenvalue weighted by molar-refractivity contribution is -0.127. The lowest BCUT2D eigenvalue weighted by atomic mass is 9.69. The van der Waals surface area contributed by atoms with Gasteiger partial charge in [0.25, 0.3) is 0 Å². The number of fused-ring (bicyclic) bond motifs is 2. The minimum Gasteiger partial charge on any atom is -0.327 e. The molecule has 2 bridgehead atoms. The summed E-state index contributed by atoms with van der Waals surface area (Å²) in [6.07, 6.45) is 5.05. The Labute approximate surface area is 67.1 Å². The molecule has 3 atom stereocenters. The molecule has 62 valence electrons. The number of nitrogens with two attached hydrogens (primary N) is 1. The summed E-state index contributed by atoms with van der Waals surface area (Å²) < 4.78 is 0. The zero-order chi connectivity index (χ0) is 7.84. The first kappa shape index (κ1) is 7.29. The van der Waals surface area contributed by atoms with Gasteiger partial charge in [-0.2, -0.15) is 0 Å². The second-order valence-electron chi connectivity index (χ2n) is 3.94. The van der Waals surface area contributed by atoms with Crippen LogP contribution in [0.15, 0.2) is 0 Å². The maximum Gasteiger partial charge on any atom is 0.135 e. The van der Waals surface area contributed by atoms with Gasteiger partial charge < -0.3 is 5.73 Å². The summed E-state index contributed by atoms with van der Waals surface area (Å²) in [5.41, 5.74) is 5.92. The Bertz CT molecular complexity index is 178. The van der Waals surface area contributed by atoms with Crippen LogP contribution in [0.4, 0.5) is 0 Å². The van der Waals surface area contributed by atoms with Gasteiger partial charge >= 0.3 is 0 Å². The molecule has 2 fully saturated rings. The van der Waals surface area contributed by atoms with Crippen LogP contribution in [0.25, 0.3) is 0 Å². The molecule has 11 heavy (non-hydrogen) atoms. The van der Waals surface area contributed by atoms with E-state index >= 15 is 0 Å². The standard InChI is InChI=1S/C9H15NO/c10-8-3-1-7-5-6(8)2-4-9(7)11/h6-8H,1-5,10H2. The molecule has 0 aromatic heterocycles. The summed E-state index contributed by atoms with van der Waals surface area (Å²) in [4.78, 5) is 11.3. The maximum atomic E-state index is 11.3. The van der Waals surface area contributed by atoms with E-state index in [0.717, 1.165) is 32.1 Å². The van der Waals surface area contributed by atoms with Crippen LogP contribution >= 0.6 is 0 Å². The van der Waals surface area contributed by atoms with Crippen molar-refractivity contribution in [3.05, 3.63) is 0 Å². The van der Waals surface area contributed by atoms with E-state index in [4.69, 9.17) is 5.73 Å². The molecule has 0 aliphatic heterocycles. The van der Waals surface area contributed by atoms with Crippen LogP contribution in [0.3, 0.4) is 0 Å². The molecule has 0 aromatic carbocycles. The Balaban J connectivity index is 2.08. The van der Waals surface area contributed by atoms with Crippen molar-refractivity contribution in [2.75, 3.05) is 0 Å². The van der Waals surface area contributed by atoms with Gasteiger partial charge in [0, 0.05) is 18.4 Å². The second-order valence-corrected chi connectivity index (χ2v) is 3.94. The van der Waals surface area contributed by atoms with Gasteiger partial charge in [0.1, 0.15) is 5.78 Å². The third kappa shape index (κ3) is 1.20. The molecule has 2 heteroatoms. The van der Waals surface area contributed by atoms with Crippen LogP contribution < -0.4 is 5.73 Å². The minimum atomic E-state index is 0.383. The van der Waals surface area contributed by atoms with Crippen molar-refractivity contribution >= 4 is 5.78 Å². The summed E-state index contributed by atoms with van der Waals surface area (Å²) in [5, 5.41) is 0. The van der Waals surface area contributed by atoms with E-state index in [1.807, 2.05) is 0 Å². The van der Waals surface area contributed by atoms with E-state index in [9.17, 15) is 4.79 Å². The maximum absolute atomic E-state index is 11.3. The van der Waals surface area contributed by atoms with Gasteiger partial charge in [-0.15, -0.1) is 0 Å². The number of carbonyl (C=O) groups excluding carboxylic acids is 1. The number of hydrogen-bond donors (Lipinski definition) is 1. The second kappa shape index (κ2) is 2.59. The lowest BCUT2D eigenvalue weighted by Crippen LogP contribution is -2.41. The third-order valence-corrected chi connectivity index (χ3v) is 3.26. The molecule has 2 aliphatic carbocycles. The normalized spacial score (nSPS) is 44.1. The molecule has 0 spiro atoms. The van der Waals surface area contributed by atoms with Gasteiger partial charge in [0.05, 0.1) is 0 Å². The molecule has 0 heterocycles. The summed E-state index contributed by atoms with van der Waals surface area (Å²) in [6.45, 7) is 0. The largest absolute Gasteiger partial charge is 0.327 e. The monoisotopic (exact) mass is 153 g/mol. The zero-order valence-electron chi connectivity index (χ0n) is 6.75. The van der Waals surface area contributed by atoms with E-state index in [1.165, 1.54) is 0 Å². The Morgan fingerprint density at radius 3 is 2.91 bits per heavy atom. The van der Waals surface area contributed by atoms with Crippen molar-refractivity contribution in [2.45, 2.75) is 38.1 Å². The van der Waals surface area contributed by atoms with Crippen molar-refractivity contribution in [1.82, 2.24) is 0 Å². The van der Waals surface area contributed by atoms with Crippen molar-refractivity contribution in [2.24, 2.45) is 17.6 Å². The van der Waals surface area contributed by atoms with E-state index in [-0.39, 0.29) is 0 Å². The van der Waals surface area contributed by atoms with Gasteiger partial charge in [0.15, 0.2) is 0 Å². The smallest absolute Gasteiger partial charge is 0.135 e. The first-order chi connectivity index (χ1) is 5.27. The number of ketones is 1. The lowest BCUT2D eigenvalue weighted by Gasteiger charge is -2.37. The average molecular weight is 153 g/mol. The quantitative estimate of drug-likeness (QED) is 0.566. The van der Waals surface area contributed by atoms with E-state index in [1.54, 1.807) is 0 Å². The number of hydrogen-bond acceptors (Lipinski definition) is 2. The van der Waals surface area contributed by atoms with Gasteiger partial charge in [-0.3, -0.25) is 4.79 Å². The zero-order valence-corrected chi connectivity index (χ0v) is 6.75. The topological polar surface area (TPSA) is 43.1 Å². The van der Waals surface area contributed by atoms with Crippen LogP contribution in [0.5, 0.6) is 0 Å². The summed E-state index contributed by atoms with van der Waals surface area (Å²) in [5.74, 6) is 1.54. The van der Waals surface area contributed by atoms with Crippen LogP contribution in [0.1, 0.15) is 32.1 Å². The van der Waals surface area contributed by atoms with Crippen molar-refractivity contribution in [3.8, 4) is 0 Å². The van der Waals surface area contributed by atoms with Crippen LogP contribution in [0.2, 0.25) is 0 Å². The van der Waals surface area contributed by atoms with Crippen LogP contribution in [-0.4, -0.2) is 11.8 Å². The molecule has 2 nitrogen and oxygen atoms in total. The highest BCUT2D eigenvalue weighted by Crippen LogP contribution is 2.36. The van der Waals surface area contributed by atoms with E-state index < -0.39 is 0 Å². The fraction of sp³-hybridized carbons (Fsp3) is 0.889. The molecule has 3 unspecified atom stereocenters. The van der Waals surface area contributed by atoms with Gasteiger partial charge in [-0.05, 0) is 31.6 Å². The van der Waals surface area contributed by atoms with Crippen LogP contribution in [-0.2, 0) is 4.79 Å². The Morgan fingerprint density at radius 2 is 2.09 bits per heavy atom. The third-order valence-electron chi connectivity index (χ3n) is 3.26. The first-order valence-electron chi connectivity index (χ1n) is 4.55. The highest BCUT2D eigenvalue weighted by atomic mass is 16.1. The number of carbonyl (C=O) groups is 1. The molecule has 2 N–H and O–H groups in total. The van der Waals surface area contributed by atoms with Crippen molar-refractivity contribution < 1.29 is 4.79 Å². The Morgan fingerprint density at radius 1 is 1.27 bits per heavy atom.